The quantitative estimate of drug-likeness (QED) is 0.830. The van der Waals surface area contributed by atoms with E-state index in [1.165, 1.54) is 0 Å². The molecule has 0 saturated heterocycles. The molecule has 0 spiro atoms. The van der Waals surface area contributed by atoms with Crippen LogP contribution in [-0.4, -0.2) is 11.8 Å². The summed E-state index contributed by atoms with van der Waals surface area (Å²) in [5, 5.41) is 0. The minimum Gasteiger partial charge on any atom is -0.273 e. The van der Waals surface area contributed by atoms with Crippen LogP contribution < -0.4 is 10.9 Å². The van der Waals surface area contributed by atoms with Gasteiger partial charge in [0, 0.05) is 12.0 Å². The Hall–Kier alpha value is -2.62. The van der Waals surface area contributed by atoms with Crippen molar-refractivity contribution in [2.24, 2.45) is 0 Å². The molecule has 2 amide bonds. The van der Waals surface area contributed by atoms with Gasteiger partial charge in [-0.3, -0.25) is 20.4 Å². The zero-order valence-corrected chi connectivity index (χ0v) is 15.3. The Morgan fingerprint density at radius 3 is 2.08 bits per heavy atom. The van der Waals surface area contributed by atoms with Crippen LogP contribution in [0.4, 0.5) is 0 Å². The molecule has 132 valence electrons. The number of hydrazine groups is 1. The van der Waals surface area contributed by atoms with Gasteiger partial charge in [-0.25, -0.2) is 0 Å². The van der Waals surface area contributed by atoms with E-state index in [9.17, 15) is 9.59 Å². The van der Waals surface area contributed by atoms with E-state index in [-0.39, 0.29) is 23.1 Å². The van der Waals surface area contributed by atoms with Crippen LogP contribution in [-0.2, 0) is 10.2 Å². The highest BCUT2D eigenvalue weighted by Gasteiger charge is 2.15. The van der Waals surface area contributed by atoms with Gasteiger partial charge in [0.15, 0.2) is 0 Å². The topological polar surface area (TPSA) is 58.2 Å². The molecule has 0 unspecified atom stereocenters. The monoisotopic (exact) mass is 338 g/mol. The molecule has 0 radical (unpaired) electrons. The lowest BCUT2D eigenvalue weighted by atomic mass is 9.87. The summed E-state index contributed by atoms with van der Waals surface area (Å²) < 4.78 is 0. The fourth-order valence-corrected chi connectivity index (χ4v) is 2.55. The molecule has 0 saturated carbocycles. The lowest BCUT2D eigenvalue weighted by molar-refractivity contribution is -0.122. The van der Waals surface area contributed by atoms with Gasteiger partial charge < -0.3 is 0 Å². The van der Waals surface area contributed by atoms with Gasteiger partial charge in [-0.2, -0.15) is 0 Å². The summed E-state index contributed by atoms with van der Waals surface area (Å²) in [6, 6.07) is 17.3. The van der Waals surface area contributed by atoms with Crippen LogP contribution in [0.25, 0.3) is 0 Å². The summed E-state index contributed by atoms with van der Waals surface area (Å²) in [7, 11) is 0. The fraction of sp³-hybridized carbons (Fsp3) is 0.333. The third kappa shape index (κ3) is 5.45. The first-order valence-electron chi connectivity index (χ1n) is 8.52. The highest BCUT2D eigenvalue weighted by Crippen LogP contribution is 2.22. The number of amides is 2. The molecule has 0 heterocycles. The molecule has 0 fully saturated rings. The smallest absolute Gasteiger partial charge is 0.269 e. The first-order valence-corrected chi connectivity index (χ1v) is 8.52. The van der Waals surface area contributed by atoms with Crippen molar-refractivity contribution in [1.82, 2.24) is 10.9 Å². The molecular weight excluding hydrogens is 312 g/mol. The van der Waals surface area contributed by atoms with E-state index in [0.29, 0.717) is 12.0 Å². The van der Waals surface area contributed by atoms with Crippen molar-refractivity contribution in [3.63, 3.8) is 0 Å². The van der Waals surface area contributed by atoms with Crippen molar-refractivity contribution in [2.75, 3.05) is 0 Å². The number of hydrogen-bond acceptors (Lipinski definition) is 2. The number of rotatable bonds is 4. The van der Waals surface area contributed by atoms with Crippen LogP contribution in [0, 0.1) is 0 Å². The van der Waals surface area contributed by atoms with Gasteiger partial charge in [0.2, 0.25) is 5.91 Å². The average molecular weight is 338 g/mol. The fourth-order valence-electron chi connectivity index (χ4n) is 2.55. The molecule has 4 nitrogen and oxygen atoms in total. The number of carbonyl (C=O) groups is 2. The van der Waals surface area contributed by atoms with Crippen molar-refractivity contribution >= 4 is 11.8 Å². The number of nitrogens with one attached hydrogen (secondary N) is 2. The summed E-state index contributed by atoms with van der Waals surface area (Å²) >= 11 is 0. The Balaban J connectivity index is 1.86. The Kier molecular flexibility index (Phi) is 5.97. The Labute approximate surface area is 149 Å². The van der Waals surface area contributed by atoms with E-state index in [2.05, 4.69) is 31.6 Å². The van der Waals surface area contributed by atoms with E-state index >= 15 is 0 Å². The maximum Gasteiger partial charge on any atom is 0.269 e. The zero-order valence-electron chi connectivity index (χ0n) is 15.3. The van der Waals surface area contributed by atoms with Gasteiger partial charge in [-0.05, 0) is 34.6 Å². The summed E-state index contributed by atoms with van der Waals surface area (Å²) in [6.07, 6.45) is 0.313. The first-order chi connectivity index (χ1) is 11.8. The molecule has 0 aliphatic heterocycles. The molecule has 0 bridgehead atoms. The second-order valence-corrected chi connectivity index (χ2v) is 7.35. The standard InChI is InChI=1S/C21H26N2O2/c1-15(16-8-6-5-7-9-16)14-19(24)22-23-20(25)17-10-12-18(13-11-17)21(2,3)4/h5-13,15H,14H2,1-4H3,(H,22,24)(H,23,25)/t15-/m1/s1. The minimum absolute atomic E-state index is 0.0385. The van der Waals surface area contributed by atoms with Gasteiger partial charge in [0.25, 0.3) is 5.91 Å². The largest absolute Gasteiger partial charge is 0.273 e. The molecule has 0 aliphatic rings. The highest BCUT2D eigenvalue weighted by molar-refractivity contribution is 5.95. The summed E-state index contributed by atoms with van der Waals surface area (Å²) in [4.78, 5) is 24.2. The summed E-state index contributed by atoms with van der Waals surface area (Å²) in [5.74, 6) is -0.443. The lowest BCUT2D eigenvalue weighted by Gasteiger charge is -2.19. The van der Waals surface area contributed by atoms with Crippen LogP contribution in [0.3, 0.4) is 0 Å². The van der Waals surface area contributed by atoms with Crippen LogP contribution in [0.15, 0.2) is 54.6 Å². The molecule has 2 rings (SSSR count). The molecule has 2 N–H and O–H groups in total. The Morgan fingerprint density at radius 1 is 0.920 bits per heavy atom. The van der Waals surface area contributed by atoms with Gasteiger partial charge in [0.05, 0.1) is 0 Å². The van der Waals surface area contributed by atoms with Crippen molar-refractivity contribution in [3.8, 4) is 0 Å². The number of hydrogen-bond donors (Lipinski definition) is 2. The SMILES string of the molecule is C[C@H](CC(=O)NNC(=O)c1ccc(C(C)(C)C)cc1)c1ccccc1. The lowest BCUT2D eigenvalue weighted by Crippen LogP contribution is -2.42. The molecule has 0 aromatic heterocycles. The molecule has 2 aromatic rings. The van der Waals surface area contributed by atoms with Crippen LogP contribution in [0.1, 0.15) is 61.5 Å². The normalized spacial score (nSPS) is 12.3. The van der Waals surface area contributed by atoms with Crippen molar-refractivity contribution in [1.29, 1.82) is 0 Å². The van der Waals surface area contributed by atoms with Crippen molar-refractivity contribution in [3.05, 3.63) is 71.3 Å². The van der Waals surface area contributed by atoms with E-state index in [4.69, 9.17) is 0 Å². The maximum atomic E-state index is 12.1. The van der Waals surface area contributed by atoms with Crippen LogP contribution in [0.5, 0.6) is 0 Å². The van der Waals surface area contributed by atoms with Gasteiger partial charge in [-0.15, -0.1) is 0 Å². The Bertz CT molecular complexity index is 716. The average Bonchev–Trinajstić information content (AvgIpc) is 2.59. The number of benzene rings is 2. The third-order valence-electron chi connectivity index (χ3n) is 4.19. The second kappa shape index (κ2) is 7.97. The number of carbonyl (C=O) groups excluding carboxylic acids is 2. The zero-order chi connectivity index (χ0) is 18.4. The maximum absolute atomic E-state index is 12.1. The van der Waals surface area contributed by atoms with E-state index in [1.54, 1.807) is 12.1 Å². The van der Waals surface area contributed by atoms with E-state index < -0.39 is 0 Å². The predicted molar refractivity (Wildman–Crippen MR) is 100 cm³/mol. The van der Waals surface area contributed by atoms with Gasteiger partial charge >= 0.3 is 0 Å². The molecule has 2 aromatic carbocycles. The summed E-state index contributed by atoms with van der Waals surface area (Å²) in [5.41, 5.74) is 7.78. The van der Waals surface area contributed by atoms with Crippen molar-refractivity contribution < 1.29 is 9.59 Å². The molecule has 25 heavy (non-hydrogen) atoms. The molecule has 0 aliphatic carbocycles. The summed E-state index contributed by atoms with van der Waals surface area (Å²) in [6.45, 7) is 8.35. The molecular formula is C21H26N2O2. The van der Waals surface area contributed by atoms with Crippen molar-refractivity contribution in [2.45, 2.75) is 45.4 Å². The van der Waals surface area contributed by atoms with E-state index in [1.807, 2.05) is 49.4 Å². The highest BCUT2D eigenvalue weighted by atomic mass is 16.2. The second-order valence-electron chi connectivity index (χ2n) is 7.35. The Morgan fingerprint density at radius 2 is 1.52 bits per heavy atom. The van der Waals surface area contributed by atoms with Gasteiger partial charge in [0.1, 0.15) is 0 Å². The minimum atomic E-state index is -0.318. The van der Waals surface area contributed by atoms with Gasteiger partial charge in [-0.1, -0.05) is 70.2 Å². The predicted octanol–water partition coefficient (Wildman–Crippen LogP) is 3.94. The third-order valence-corrected chi connectivity index (χ3v) is 4.19. The first kappa shape index (κ1) is 18.7. The molecule has 1 atom stereocenters. The molecule has 4 heteroatoms. The van der Waals surface area contributed by atoms with Crippen LogP contribution in [0.2, 0.25) is 0 Å². The van der Waals surface area contributed by atoms with Crippen LogP contribution >= 0.6 is 0 Å². The van der Waals surface area contributed by atoms with E-state index in [0.717, 1.165) is 11.1 Å².